The minimum atomic E-state index is 0.641. The maximum absolute atomic E-state index is 5.78. The van der Waals surface area contributed by atoms with Gasteiger partial charge in [-0.1, -0.05) is 24.3 Å². The van der Waals surface area contributed by atoms with E-state index < -0.39 is 0 Å². The number of benzene rings is 2. The molecule has 3 aromatic rings. The summed E-state index contributed by atoms with van der Waals surface area (Å²) in [7, 11) is 0. The number of nitrogens with two attached hydrogens (primary N) is 1. The molecule has 1 fully saturated rings. The van der Waals surface area contributed by atoms with Crippen molar-refractivity contribution < 1.29 is 9.15 Å². The Morgan fingerprint density at radius 3 is 2.65 bits per heavy atom. The molecular formula is C19H20N2O2. The van der Waals surface area contributed by atoms with Crippen molar-refractivity contribution in [2.24, 2.45) is 17.6 Å². The van der Waals surface area contributed by atoms with Crippen LogP contribution in [0, 0.1) is 11.8 Å². The second-order valence-electron chi connectivity index (χ2n) is 6.19. The van der Waals surface area contributed by atoms with E-state index in [2.05, 4.69) is 17.1 Å². The van der Waals surface area contributed by atoms with Crippen LogP contribution in [0.3, 0.4) is 0 Å². The lowest BCUT2D eigenvalue weighted by Crippen LogP contribution is -2.05. The molecule has 2 aromatic carbocycles. The average Bonchev–Trinajstić information content (AvgIpc) is 3.21. The Morgan fingerprint density at radius 1 is 1.09 bits per heavy atom. The first-order valence-corrected chi connectivity index (χ1v) is 8.06. The molecule has 1 aliphatic carbocycles. The Morgan fingerprint density at radius 2 is 1.91 bits per heavy atom. The molecule has 0 bridgehead atoms. The lowest BCUT2D eigenvalue weighted by molar-refractivity contribution is 0.108. The SMILES string of the molecule is NC[C@@H]1C[C@H]1COCc1ccc(-c2nc3ccccc3o2)cc1. The highest BCUT2D eigenvalue weighted by molar-refractivity contribution is 5.75. The van der Waals surface area contributed by atoms with Gasteiger partial charge in [-0.25, -0.2) is 4.98 Å². The van der Waals surface area contributed by atoms with Gasteiger partial charge in [-0.05, 0) is 54.6 Å². The van der Waals surface area contributed by atoms with E-state index in [1.807, 2.05) is 36.4 Å². The average molecular weight is 308 g/mol. The second-order valence-corrected chi connectivity index (χ2v) is 6.19. The van der Waals surface area contributed by atoms with Gasteiger partial charge in [0.05, 0.1) is 13.2 Å². The number of rotatable bonds is 6. The third-order valence-corrected chi connectivity index (χ3v) is 4.47. The van der Waals surface area contributed by atoms with Gasteiger partial charge >= 0.3 is 0 Å². The monoisotopic (exact) mass is 308 g/mol. The van der Waals surface area contributed by atoms with E-state index in [-0.39, 0.29) is 0 Å². The largest absolute Gasteiger partial charge is 0.436 e. The molecule has 0 radical (unpaired) electrons. The van der Waals surface area contributed by atoms with Gasteiger partial charge in [-0.3, -0.25) is 0 Å². The van der Waals surface area contributed by atoms with Crippen LogP contribution < -0.4 is 5.73 Å². The Balaban J connectivity index is 1.39. The van der Waals surface area contributed by atoms with Crippen molar-refractivity contribution in [3.05, 3.63) is 54.1 Å². The van der Waals surface area contributed by atoms with Crippen molar-refractivity contribution in [3.8, 4) is 11.5 Å². The van der Waals surface area contributed by atoms with Crippen molar-refractivity contribution in [1.82, 2.24) is 4.98 Å². The zero-order chi connectivity index (χ0) is 15.6. The van der Waals surface area contributed by atoms with Gasteiger partial charge < -0.3 is 14.9 Å². The van der Waals surface area contributed by atoms with Crippen LogP contribution in [0.5, 0.6) is 0 Å². The molecule has 0 spiro atoms. The highest BCUT2D eigenvalue weighted by Crippen LogP contribution is 2.37. The van der Waals surface area contributed by atoms with Crippen LogP contribution in [0.25, 0.3) is 22.6 Å². The van der Waals surface area contributed by atoms with E-state index in [9.17, 15) is 0 Å². The summed E-state index contributed by atoms with van der Waals surface area (Å²) in [4.78, 5) is 4.51. The van der Waals surface area contributed by atoms with Crippen LogP contribution in [0.4, 0.5) is 0 Å². The lowest BCUT2D eigenvalue weighted by Gasteiger charge is -2.04. The van der Waals surface area contributed by atoms with E-state index in [0.29, 0.717) is 24.3 Å². The molecule has 23 heavy (non-hydrogen) atoms. The number of para-hydroxylation sites is 2. The fraction of sp³-hybridized carbons (Fsp3) is 0.316. The number of hydrogen-bond acceptors (Lipinski definition) is 4. The molecule has 4 nitrogen and oxygen atoms in total. The predicted molar refractivity (Wildman–Crippen MR) is 89.8 cm³/mol. The zero-order valence-electron chi connectivity index (χ0n) is 12.9. The molecular weight excluding hydrogens is 288 g/mol. The van der Waals surface area contributed by atoms with Crippen molar-refractivity contribution >= 4 is 11.1 Å². The third kappa shape index (κ3) is 3.14. The van der Waals surface area contributed by atoms with E-state index in [1.54, 1.807) is 0 Å². The smallest absolute Gasteiger partial charge is 0.227 e. The number of fused-ring (bicyclic) bond motifs is 1. The molecule has 0 amide bonds. The minimum absolute atomic E-state index is 0.641. The predicted octanol–water partition coefficient (Wildman–Crippen LogP) is 3.61. The van der Waals surface area contributed by atoms with Crippen LogP contribution in [0.15, 0.2) is 52.9 Å². The van der Waals surface area contributed by atoms with Gasteiger partial charge in [0, 0.05) is 5.56 Å². The molecule has 2 atom stereocenters. The van der Waals surface area contributed by atoms with Gasteiger partial charge in [0.15, 0.2) is 5.58 Å². The first-order chi connectivity index (χ1) is 11.3. The summed E-state index contributed by atoms with van der Waals surface area (Å²) in [6.45, 7) is 2.24. The summed E-state index contributed by atoms with van der Waals surface area (Å²) in [5.74, 6) is 2.00. The number of nitrogens with zero attached hydrogens (tertiary/aromatic N) is 1. The number of hydrogen-bond donors (Lipinski definition) is 1. The molecule has 1 aliphatic rings. The van der Waals surface area contributed by atoms with Crippen molar-refractivity contribution in [2.75, 3.05) is 13.2 Å². The van der Waals surface area contributed by atoms with Crippen LogP contribution in [-0.2, 0) is 11.3 Å². The number of aromatic nitrogens is 1. The summed E-state index contributed by atoms with van der Waals surface area (Å²) in [5, 5.41) is 0. The topological polar surface area (TPSA) is 61.3 Å². The van der Waals surface area contributed by atoms with Gasteiger partial charge in [-0.15, -0.1) is 0 Å². The highest BCUT2D eigenvalue weighted by Gasteiger charge is 2.35. The van der Waals surface area contributed by atoms with Gasteiger partial charge in [0.2, 0.25) is 5.89 Å². The molecule has 0 unspecified atom stereocenters. The van der Waals surface area contributed by atoms with Gasteiger partial charge in [0.25, 0.3) is 0 Å². The molecule has 1 aromatic heterocycles. The Kier molecular flexibility index (Phi) is 3.85. The van der Waals surface area contributed by atoms with E-state index in [0.717, 1.165) is 35.4 Å². The van der Waals surface area contributed by atoms with E-state index in [4.69, 9.17) is 14.9 Å². The van der Waals surface area contributed by atoms with E-state index >= 15 is 0 Å². The summed E-state index contributed by atoms with van der Waals surface area (Å²) in [6.07, 6.45) is 1.22. The van der Waals surface area contributed by atoms with Gasteiger partial charge in [0.1, 0.15) is 5.52 Å². The fourth-order valence-corrected chi connectivity index (χ4v) is 2.87. The molecule has 0 saturated heterocycles. The van der Waals surface area contributed by atoms with Gasteiger partial charge in [-0.2, -0.15) is 0 Å². The summed E-state index contributed by atoms with van der Waals surface area (Å²) in [6, 6.07) is 16.0. The lowest BCUT2D eigenvalue weighted by atomic mass is 10.1. The summed E-state index contributed by atoms with van der Waals surface area (Å²) in [5.41, 5.74) is 9.48. The quantitative estimate of drug-likeness (QED) is 0.755. The molecule has 0 aliphatic heterocycles. The summed E-state index contributed by atoms with van der Waals surface area (Å²) < 4.78 is 11.6. The van der Waals surface area contributed by atoms with Crippen LogP contribution in [0.2, 0.25) is 0 Å². The van der Waals surface area contributed by atoms with Crippen molar-refractivity contribution in [3.63, 3.8) is 0 Å². The first-order valence-electron chi connectivity index (χ1n) is 8.06. The number of oxazole rings is 1. The molecule has 118 valence electrons. The zero-order valence-corrected chi connectivity index (χ0v) is 12.9. The Bertz CT molecular complexity index is 761. The Hall–Kier alpha value is -2.17. The fourth-order valence-electron chi connectivity index (χ4n) is 2.87. The standard InChI is InChI=1S/C19H20N2O2/c20-10-15-9-16(15)12-22-11-13-5-7-14(8-6-13)19-21-17-3-1-2-4-18(17)23-19/h1-8,15-16H,9-12,20H2/t15-,16-/m0/s1. The van der Waals surface area contributed by atoms with E-state index in [1.165, 1.54) is 6.42 Å². The molecule has 4 rings (SSSR count). The first kappa shape index (κ1) is 14.4. The molecule has 1 heterocycles. The van der Waals surface area contributed by atoms with Crippen molar-refractivity contribution in [1.29, 1.82) is 0 Å². The van der Waals surface area contributed by atoms with Crippen LogP contribution in [0.1, 0.15) is 12.0 Å². The second kappa shape index (κ2) is 6.14. The van der Waals surface area contributed by atoms with Crippen molar-refractivity contribution in [2.45, 2.75) is 13.0 Å². The third-order valence-electron chi connectivity index (χ3n) is 4.47. The van der Waals surface area contributed by atoms with Crippen LogP contribution in [-0.4, -0.2) is 18.1 Å². The highest BCUT2D eigenvalue weighted by atomic mass is 16.5. The maximum atomic E-state index is 5.78. The maximum Gasteiger partial charge on any atom is 0.227 e. The van der Waals surface area contributed by atoms with Crippen LogP contribution >= 0.6 is 0 Å². The molecule has 1 saturated carbocycles. The summed E-state index contributed by atoms with van der Waals surface area (Å²) >= 11 is 0. The normalized spacial score (nSPS) is 20.0. The minimum Gasteiger partial charge on any atom is -0.436 e. The molecule has 2 N–H and O–H groups in total. The number of ether oxygens (including phenoxy) is 1. The molecule has 4 heteroatoms. The Labute approximate surface area is 135 Å².